The number of carbonyl (C=O) groups excluding carboxylic acids is 1. The van der Waals surface area contributed by atoms with Gasteiger partial charge in [0.1, 0.15) is 0 Å². The Bertz CT molecular complexity index is 809. The maximum absolute atomic E-state index is 12.1. The van der Waals surface area contributed by atoms with E-state index < -0.39 is 0 Å². The number of hydrogen-bond acceptors (Lipinski definition) is 4. The number of hydrazone groups is 1. The summed E-state index contributed by atoms with van der Waals surface area (Å²) in [5.41, 5.74) is 4.58. The van der Waals surface area contributed by atoms with Crippen LogP contribution in [0.15, 0.2) is 39.9 Å². The average molecular weight is 426 g/mol. The number of ether oxygens (including phenoxy) is 2. The van der Waals surface area contributed by atoms with E-state index in [1.54, 1.807) is 31.4 Å². The van der Waals surface area contributed by atoms with E-state index in [2.05, 4.69) is 26.5 Å². The van der Waals surface area contributed by atoms with Crippen LogP contribution in [0.2, 0.25) is 5.02 Å². The number of nitrogens with one attached hydrogen (secondary N) is 1. The molecule has 1 N–H and O–H groups in total. The third-order valence-electron chi connectivity index (χ3n) is 3.35. The first kappa shape index (κ1) is 19.3. The topological polar surface area (TPSA) is 59.9 Å². The molecule has 0 radical (unpaired) electrons. The zero-order valence-electron chi connectivity index (χ0n) is 14.1. The molecule has 0 bridgehead atoms. The molecule has 0 heterocycles. The van der Waals surface area contributed by atoms with Gasteiger partial charge in [-0.05, 0) is 65.2 Å². The monoisotopic (exact) mass is 424 g/mol. The second-order valence-corrected chi connectivity index (χ2v) is 6.39. The standard InChI is InChI=1S/C18H18BrClN2O3/c1-4-25-16-8-12(7-14(19)17(16)24-3)10-21-22-18(23)13-6-5-11(2)15(20)9-13/h5-10H,4H2,1-3H3,(H,22,23)/b21-10-. The molecule has 0 aliphatic rings. The molecule has 132 valence electrons. The van der Waals surface area contributed by atoms with Crippen molar-refractivity contribution in [3.63, 3.8) is 0 Å². The van der Waals surface area contributed by atoms with Crippen molar-refractivity contribution in [3.8, 4) is 11.5 Å². The van der Waals surface area contributed by atoms with Gasteiger partial charge in [-0.1, -0.05) is 17.7 Å². The summed E-state index contributed by atoms with van der Waals surface area (Å²) in [5, 5.41) is 4.52. The molecular weight excluding hydrogens is 408 g/mol. The number of aryl methyl sites for hydroxylation is 1. The summed E-state index contributed by atoms with van der Waals surface area (Å²) in [6.45, 7) is 4.27. The van der Waals surface area contributed by atoms with E-state index in [-0.39, 0.29) is 5.91 Å². The number of hydrogen-bond donors (Lipinski definition) is 1. The predicted molar refractivity (Wildman–Crippen MR) is 103 cm³/mol. The van der Waals surface area contributed by atoms with Crippen molar-refractivity contribution < 1.29 is 14.3 Å². The van der Waals surface area contributed by atoms with Crippen LogP contribution in [0.4, 0.5) is 0 Å². The van der Waals surface area contributed by atoms with Crippen molar-refractivity contribution >= 4 is 39.7 Å². The molecule has 5 nitrogen and oxygen atoms in total. The molecule has 0 fully saturated rings. The molecule has 0 spiro atoms. The van der Waals surface area contributed by atoms with Gasteiger partial charge >= 0.3 is 0 Å². The van der Waals surface area contributed by atoms with Crippen molar-refractivity contribution in [1.29, 1.82) is 0 Å². The van der Waals surface area contributed by atoms with Gasteiger partial charge in [0.15, 0.2) is 11.5 Å². The molecule has 25 heavy (non-hydrogen) atoms. The highest BCUT2D eigenvalue weighted by Gasteiger charge is 2.10. The minimum Gasteiger partial charge on any atom is -0.492 e. The van der Waals surface area contributed by atoms with Crippen molar-refractivity contribution in [2.75, 3.05) is 13.7 Å². The smallest absolute Gasteiger partial charge is 0.271 e. The minimum atomic E-state index is -0.337. The Kier molecular flexibility index (Phi) is 6.84. The van der Waals surface area contributed by atoms with Gasteiger partial charge in [0.25, 0.3) is 5.91 Å². The third kappa shape index (κ3) is 4.96. The molecule has 0 saturated carbocycles. The lowest BCUT2D eigenvalue weighted by atomic mass is 10.1. The van der Waals surface area contributed by atoms with E-state index in [1.165, 1.54) is 6.21 Å². The fourth-order valence-corrected chi connectivity index (χ4v) is 2.89. The second kappa shape index (κ2) is 8.87. The van der Waals surface area contributed by atoms with Gasteiger partial charge in [-0.2, -0.15) is 5.10 Å². The number of nitrogens with zero attached hydrogens (tertiary/aromatic N) is 1. The number of carbonyl (C=O) groups is 1. The van der Waals surface area contributed by atoms with Gasteiger partial charge in [-0.25, -0.2) is 5.43 Å². The first-order chi connectivity index (χ1) is 12.0. The highest BCUT2D eigenvalue weighted by atomic mass is 79.9. The van der Waals surface area contributed by atoms with Gasteiger partial charge in [-0.15, -0.1) is 0 Å². The predicted octanol–water partition coefficient (Wildman–Crippen LogP) is 4.58. The molecule has 0 saturated heterocycles. The van der Waals surface area contributed by atoms with Gasteiger partial charge in [-0.3, -0.25) is 4.79 Å². The molecule has 0 unspecified atom stereocenters. The summed E-state index contributed by atoms with van der Waals surface area (Å²) in [4.78, 5) is 12.1. The lowest BCUT2D eigenvalue weighted by Gasteiger charge is -2.11. The molecule has 2 aromatic carbocycles. The normalized spacial score (nSPS) is 10.8. The van der Waals surface area contributed by atoms with E-state index in [1.807, 2.05) is 19.9 Å². The maximum Gasteiger partial charge on any atom is 0.271 e. The molecular formula is C18H18BrClN2O3. The second-order valence-electron chi connectivity index (χ2n) is 5.13. The quantitative estimate of drug-likeness (QED) is 0.544. The van der Waals surface area contributed by atoms with Gasteiger partial charge in [0.2, 0.25) is 0 Å². The molecule has 2 aromatic rings. The fourth-order valence-electron chi connectivity index (χ4n) is 2.09. The SMILES string of the molecule is CCOc1cc(/C=N\NC(=O)c2ccc(C)c(Cl)c2)cc(Br)c1OC. The molecule has 0 aromatic heterocycles. The summed E-state index contributed by atoms with van der Waals surface area (Å²) in [6, 6.07) is 8.70. The average Bonchev–Trinajstić information content (AvgIpc) is 2.57. The van der Waals surface area contributed by atoms with Gasteiger partial charge in [0.05, 0.1) is 24.4 Å². The summed E-state index contributed by atoms with van der Waals surface area (Å²) >= 11 is 9.46. The number of amides is 1. The van der Waals surface area contributed by atoms with E-state index in [9.17, 15) is 4.79 Å². The van der Waals surface area contributed by atoms with Crippen LogP contribution in [-0.2, 0) is 0 Å². The Balaban J connectivity index is 2.13. The van der Waals surface area contributed by atoms with Crippen LogP contribution in [-0.4, -0.2) is 25.8 Å². The maximum atomic E-state index is 12.1. The first-order valence-corrected chi connectivity index (χ1v) is 8.73. The number of rotatable bonds is 6. The van der Waals surface area contributed by atoms with E-state index in [0.29, 0.717) is 28.7 Å². The number of benzene rings is 2. The lowest BCUT2D eigenvalue weighted by molar-refractivity contribution is 0.0955. The highest BCUT2D eigenvalue weighted by Crippen LogP contribution is 2.36. The molecule has 2 rings (SSSR count). The summed E-state index contributed by atoms with van der Waals surface area (Å²) in [7, 11) is 1.57. The van der Waals surface area contributed by atoms with Crippen LogP contribution >= 0.6 is 27.5 Å². The Labute approximate surface area is 160 Å². The summed E-state index contributed by atoms with van der Waals surface area (Å²) in [6.07, 6.45) is 1.53. The van der Waals surface area contributed by atoms with E-state index in [0.717, 1.165) is 15.6 Å². The molecule has 1 amide bonds. The third-order valence-corrected chi connectivity index (χ3v) is 4.35. The summed E-state index contributed by atoms with van der Waals surface area (Å²) in [5.74, 6) is 0.866. The molecule has 0 atom stereocenters. The Hall–Kier alpha value is -2.05. The highest BCUT2D eigenvalue weighted by molar-refractivity contribution is 9.10. The van der Waals surface area contributed by atoms with E-state index >= 15 is 0 Å². The van der Waals surface area contributed by atoms with Crippen molar-refractivity contribution in [2.45, 2.75) is 13.8 Å². The van der Waals surface area contributed by atoms with Crippen molar-refractivity contribution in [2.24, 2.45) is 5.10 Å². The first-order valence-electron chi connectivity index (χ1n) is 7.56. The largest absolute Gasteiger partial charge is 0.492 e. The lowest BCUT2D eigenvalue weighted by Crippen LogP contribution is -2.17. The Morgan fingerprint density at radius 1 is 1.36 bits per heavy atom. The van der Waals surface area contributed by atoms with Crippen LogP contribution in [0, 0.1) is 6.92 Å². The molecule has 0 aliphatic carbocycles. The molecule has 7 heteroatoms. The van der Waals surface area contributed by atoms with Gasteiger partial charge < -0.3 is 9.47 Å². The number of methoxy groups -OCH3 is 1. The Morgan fingerprint density at radius 3 is 2.76 bits per heavy atom. The van der Waals surface area contributed by atoms with Crippen LogP contribution < -0.4 is 14.9 Å². The fraction of sp³-hybridized carbons (Fsp3) is 0.222. The van der Waals surface area contributed by atoms with Crippen LogP contribution in [0.1, 0.15) is 28.4 Å². The van der Waals surface area contributed by atoms with Crippen molar-refractivity contribution in [1.82, 2.24) is 5.43 Å². The minimum absolute atomic E-state index is 0.337. The zero-order chi connectivity index (χ0) is 18.4. The molecule has 0 aliphatic heterocycles. The Morgan fingerprint density at radius 2 is 2.12 bits per heavy atom. The van der Waals surface area contributed by atoms with Gasteiger partial charge in [0, 0.05) is 10.6 Å². The van der Waals surface area contributed by atoms with Crippen molar-refractivity contribution in [3.05, 3.63) is 56.5 Å². The van der Waals surface area contributed by atoms with Crippen LogP contribution in [0.5, 0.6) is 11.5 Å². The zero-order valence-corrected chi connectivity index (χ0v) is 16.4. The van der Waals surface area contributed by atoms with E-state index in [4.69, 9.17) is 21.1 Å². The number of halogens is 2. The van der Waals surface area contributed by atoms with Crippen LogP contribution in [0.25, 0.3) is 0 Å². The summed E-state index contributed by atoms with van der Waals surface area (Å²) < 4.78 is 11.6. The van der Waals surface area contributed by atoms with Crippen LogP contribution in [0.3, 0.4) is 0 Å².